The lowest BCUT2D eigenvalue weighted by molar-refractivity contribution is -0.117. The van der Waals surface area contributed by atoms with E-state index in [9.17, 15) is 17.1 Å². The van der Waals surface area contributed by atoms with Gasteiger partial charge >= 0.3 is 10.2 Å². The van der Waals surface area contributed by atoms with Crippen molar-refractivity contribution in [1.82, 2.24) is 4.98 Å². The van der Waals surface area contributed by atoms with Gasteiger partial charge in [0.25, 0.3) is 0 Å². The molecular weight excluding hydrogens is 409 g/mol. The van der Waals surface area contributed by atoms with Crippen molar-refractivity contribution in [2.75, 3.05) is 17.2 Å². The van der Waals surface area contributed by atoms with Gasteiger partial charge in [0.2, 0.25) is 5.91 Å². The first-order chi connectivity index (χ1) is 8.71. The van der Waals surface area contributed by atoms with E-state index in [0.717, 1.165) is 4.90 Å². The summed E-state index contributed by atoms with van der Waals surface area (Å²) in [7, 11) is -4.76. The fourth-order valence-electron chi connectivity index (χ4n) is 1.82. The molecule has 19 heavy (non-hydrogen) atoms. The summed E-state index contributed by atoms with van der Waals surface area (Å²) < 4.78 is 35.5. The van der Waals surface area contributed by atoms with Crippen LogP contribution in [0.1, 0.15) is 6.42 Å². The highest BCUT2D eigenvalue weighted by molar-refractivity contribution is 9.11. The van der Waals surface area contributed by atoms with E-state index in [0.29, 0.717) is 9.08 Å². The molecule has 2 rings (SSSR count). The summed E-state index contributed by atoms with van der Waals surface area (Å²) in [5, 5.41) is -1.36. The average Bonchev–Trinajstić information content (AvgIpc) is 2.67. The Morgan fingerprint density at radius 2 is 2.11 bits per heavy atom. The van der Waals surface area contributed by atoms with Crippen molar-refractivity contribution in [2.24, 2.45) is 0 Å². The van der Waals surface area contributed by atoms with Gasteiger partial charge in [0.05, 0.1) is 15.8 Å². The summed E-state index contributed by atoms with van der Waals surface area (Å²) in [4.78, 5) is 16.9. The summed E-state index contributed by atoms with van der Waals surface area (Å²) in [5.41, 5.74) is 6.27. The summed E-state index contributed by atoms with van der Waals surface area (Å²) in [6.07, 6.45) is 1.02. The maximum atomic E-state index is 13.0. The molecular formula is C9H8Br2FN3O3S. The first-order valence-electron chi connectivity index (χ1n) is 5.05. The van der Waals surface area contributed by atoms with Gasteiger partial charge in [0.15, 0.2) is 0 Å². The second-order valence-corrected chi connectivity index (χ2v) is 7.19. The van der Waals surface area contributed by atoms with Gasteiger partial charge in [-0.05, 0) is 31.9 Å². The number of carbonyl (C=O) groups is 1. The Hall–Kier alpha value is -0.740. The fourth-order valence-corrected chi connectivity index (χ4v) is 3.31. The number of rotatable bonds is 2. The lowest BCUT2D eigenvalue weighted by Gasteiger charge is -2.20. The molecule has 2 N–H and O–H groups in total. The van der Waals surface area contributed by atoms with Crippen LogP contribution >= 0.6 is 31.9 Å². The van der Waals surface area contributed by atoms with E-state index in [2.05, 4.69) is 36.8 Å². The molecule has 10 heteroatoms. The topological polar surface area (TPSA) is 93.4 Å². The molecule has 0 saturated carbocycles. The molecule has 0 spiro atoms. The first-order valence-corrected chi connectivity index (χ1v) is 8.08. The fraction of sp³-hybridized carbons (Fsp3) is 0.333. The highest BCUT2D eigenvalue weighted by Gasteiger charge is 2.40. The first kappa shape index (κ1) is 14.7. The number of nitrogens with two attached hydrogens (primary N) is 1. The van der Waals surface area contributed by atoms with E-state index in [1.807, 2.05) is 0 Å². The third kappa shape index (κ3) is 2.75. The van der Waals surface area contributed by atoms with Crippen molar-refractivity contribution < 1.29 is 17.1 Å². The molecule has 6 nitrogen and oxygen atoms in total. The zero-order valence-corrected chi connectivity index (χ0v) is 13.3. The van der Waals surface area contributed by atoms with Crippen LogP contribution in [0.15, 0.2) is 15.3 Å². The zero-order chi connectivity index (χ0) is 14.4. The number of hydrogen-bond donors (Lipinski definition) is 1. The van der Waals surface area contributed by atoms with Crippen molar-refractivity contribution in [2.45, 2.75) is 11.7 Å². The minimum atomic E-state index is -4.76. The molecule has 1 aromatic heterocycles. The van der Waals surface area contributed by atoms with E-state index in [1.165, 1.54) is 6.20 Å². The van der Waals surface area contributed by atoms with Crippen molar-refractivity contribution >= 4 is 59.4 Å². The number of aromatic nitrogens is 1. The van der Waals surface area contributed by atoms with Crippen LogP contribution in [0.3, 0.4) is 0 Å². The van der Waals surface area contributed by atoms with E-state index in [4.69, 9.17) is 5.73 Å². The van der Waals surface area contributed by atoms with Gasteiger partial charge in [0, 0.05) is 19.2 Å². The monoisotopic (exact) mass is 415 g/mol. The van der Waals surface area contributed by atoms with Crippen molar-refractivity contribution in [3.05, 3.63) is 15.3 Å². The number of nitrogen functional groups attached to an aromatic ring is 1. The molecule has 0 bridgehead atoms. The standard InChI is InChI=1S/C9H8Br2FN3O3S/c10-5-2-14-9(11)7(13)8(5)15-3-4(1-6(15)16)19(12,17)18/h2,4H,1,3,13H2. The van der Waals surface area contributed by atoms with Gasteiger partial charge < -0.3 is 10.6 Å². The minimum absolute atomic E-state index is 0.180. The SMILES string of the molecule is Nc1c(Br)ncc(Br)c1N1CC(S(=O)(=O)F)CC1=O. The summed E-state index contributed by atoms with van der Waals surface area (Å²) in [5.74, 6) is -0.503. The average molecular weight is 417 g/mol. The largest absolute Gasteiger partial charge is 0.395 e. The Morgan fingerprint density at radius 3 is 2.63 bits per heavy atom. The summed E-state index contributed by atoms with van der Waals surface area (Å²) >= 11 is 6.30. The third-order valence-corrected chi connectivity index (χ3v) is 5.08. The second-order valence-electron chi connectivity index (χ2n) is 3.97. The van der Waals surface area contributed by atoms with Gasteiger partial charge in [-0.25, -0.2) is 4.98 Å². The Balaban J connectivity index is 2.45. The molecule has 1 unspecified atom stereocenters. The lowest BCUT2D eigenvalue weighted by Crippen LogP contribution is -2.28. The molecule has 1 fully saturated rings. The number of pyridine rings is 1. The molecule has 0 aliphatic carbocycles. The Morgan fingerprint density at radius 1 is 1.47 bits per heavy atom. The van der Waals surface area contributed by atoms with E-state index in [1.54, 1.807) is 0 Å². The van der Waals surface area contributed by atoms with Crippen LogP contribution in [-0.4, -0.2) is 31.1 Å². The highest BCUT2D eigenvalue weighted by atomic mass is 79.9. The number of hydrogen-bond acceptors (Lipinski definition) is 5. The number of anilines is 2. The van der Waals surface area contributed by atoms with Crippen LogP contribution in [-0.2, 0) is 15.0 Å². The lowest BCUT2D eigenvalue weighted by atomic mass is 10.3. The van der Waals surface area contributed by atoms with Crippen LogP contribution in [0.5, 0.6) is 0 Å². The van der Waals surface area contributed by atoms with Crippen molar-refractivity contribution in [3.8, 4) is 0 Å². The third-order valence-electron chi connectivity index (χ3n) is 2.75. The van der Waals surface area contributed by atoms with Crippen LogP contribution < -0.4 is 10.6 Å². The molecule has 104 valence electrons. The highest BCUT2D eigenvalue weighted by Crippen LogP contribution is 2.38. The zero-order valence-electron chi connectivity index (χ0n) is 9.31. The summed E-state index contributed by atoms with van der Waals surface area (Å²) in [6, 6.07) is 0. The van der Waals surface area contributed by atoms with Gasteiger partial charge in [-0.1, -0.05) is 0 Å². The minimum Gasteiger partial charge on any atom is -0.395 e. The van der Waals surface area contributed by atoms with E-state index < -0.39 is 27.8 Å². The van der Waals surface area contributed by atoms with Gasteiger partial charge in [-0.2, -0.15) is 8.42 Å². The molecule has 0 radical (unpaired) electrons. The van der Waals surface area contributed by atoms with E-state index in [-0.39, 0.29) is 17.9 Å². The molecule has 1 aliphatic rings. The van der Waals surface area contributed by atoms with Crippen LogP contribution in [0.25, 0.3) is 0 Å². The van der Waals surface area contributed by atoms with Crippen molar-refractivity contribution in [1.29, 1.82) is 0 Å². The Kier molecular flexibility index (Phi) is 3.85. The number of amides is 1. The predicted molar refractivity (Wildman–Crippen MR) is 74.8 cm³/mol. The number of carbonyl (C=O) groups excluding carboxylic acids is 1. The molecule has 2 heterocycles. The van der Waals surface area contributed by atoms with Crippen LogP contribution in [0, 0.1) is 0 Å². The summed E-state index contributed by atoms with van der Waals surface area (Å²) in [6.45, 7) is -0.267. The Bertz CT molecular complexity index is 652. The molecule has 1 aliphatic heterocycles. The Labute approximate surface area is 125 Å². The van der Waals surface area contributed by atoms with Crippen LogP contribution in [0.2, 0.25) is 0 Å². The molecule has 1 aromatic rings. The number of nitrogens with zero attached hydrogens (tertiary/aromatic N) is 2. The van der Waals surface area contributed by atoms with E-state index >= 15 is 0 Å². The van der Waals surface area contributed by atoms with Crippen LogP contribution in [0.4, 0.5) is 15.3 Å². The smallest absolute Gasteiger partial charge is 0.307 e. The normalized spacial score (nSPS) is 20.1. The maximum absolute atomic E-state index is 13.0. The molecule has 1 amide bonds. The van der Waals surface area contributed by atoms with Gasteiger partial charge in [-0.3, -0.25) is 4.79 Å². The number of halogens is 3. The second kappa shape index (κ2) is 4.98. The quantitative estimate of drug-likeness (QED) is 0.583. The molecule has 1 saturated heterocycles. The maximum Gasteiger partial charge on any atom is 0.307 e. The van der Waals surface area contributed by atoms with Crippen molar-refractivity contribution in [3.63, 3.8) is 0 Å². The van der Waals surface area contributed by atoms with Gasteiger partial charge in [0.1, 0.15) is 9.85 Å². The molecule has 1 atom stereocenters. The predicted octanol–water partition coefficient (Wildman–Crippen LogP) is 1.59. The van der Waals surface area contributed by atoms with Gasteiger partial charge in [-0.15, -0.1) is 3.89 Å². The molecule has 0 aromatic carbocycles.